The second kappa shape index (κ2) is 8.69. The predicted molar refractivity (Wildman–Crippen MR) is 71.7 cm³/mol. The summed E-state index contributed by atoms with van der Waals surface area (Å²) in [6, 6.07) is 0. The van der Waals surface area contributed by atoms with E-state index in [9.17, 15) is 92.6 Å². The standard InChI is InChI=1S/C14H6F20O2/c1-2-6(17,18)8(21,22)10(25,26)12(29,30)14(33,34)13(31,32)11(27,28)9(23,24)7(19,20)3(4(15)16)5(35)36/h2H2,1H3,(H,35,36). The lowest BCUT2D eigenvalue weighted by atomic mass is 9.85. The maximum atomic E-state index is 13.6. The Morgan fingerprint density at radius 1 is 0.528 bits per heavy atom. The maximum absolute atomic E-state index is 13.6. The van der Waals surface area contributed by atoms with E-state index >= 15 is 0 Å². The van der Waals surface area contributed by atoms with Crippen molar-refractivity contribution in [1.29, 1.82) is 0 Å². The Kier molecular flexibility index (Phi) is 8.16. The molecule has 0 spiro atoms. The van der Waals surface area contributed by atoms with E-state index in [0.717, 1.165) is 0 Å². The first kappa shape index (κ1) is 33.8. The van der Waals surface area contributed by atoms with Crippen molar-refractivity contribution in [3.05, 3.63) is 11.7 Å². The van der Waals surface area contributed by atoms with E-state index in [4.69, 9.17) is 5.11 Å². The minimum Gasteiger partial charge on any atom is -0.478 e. The molecule has 0 aliphatic heterocycles. The first-order chi connectivity index (χ1) is 15.3. The molecule has 0 saturated heterocycles. The maximum Gasteiger partial charge on any atom is 0.385 e. The number of carboxylic acid groups (broad SMARTS) is 1. The van der Waals surface area contributed by atoms with Crippen molar-refractivity contribution in [3.8, 4) is 0 Å². The lowest BCUT2D eigenvalue weighted by Gasteiger charge is -2.44. The van der Waals surface area contributed by atoms with Gasteiger partial charge in [0, 0.05) is 6.42 Å². The van der Waals surface area contributed by atoms with Crippen LogP contribution < -0.4 is 0 Å². The van der Waals surface area contributed by atoms with E-state index in [1.54, 1.807) is 0 Å². The molecular weight excluding hydrogens is 580 g/mol. The van der Waals surface area contributed by atoms with Gasteiger partial charge >= 0.3 is 59.3 Å². The van der Waals surface area contributed by atoms with Gasteiger partial charge < -0.3 is 5.11 Å². The highest BCUT2D eigenvalue weighted by Crippen LogP contribution is 2.65. The summed E-state index contributed by atoms with van der Waals surface area (Å²) < 4.78 is 266. The minimum absolute atomic E-state index is 0.191. The number of halogens is 20. The number of rotatable bonds is 11. The van der Waals surface area contributed by atoms with Crippen LogP contribution >= 0.6 is 0 Å². The molecule has 0 atom stereocenters. The highest BCUT2D eigenvalue weighted by molar-refractivity contribution is 5.89. The Morgan fingerprint density at radius 2 is 0.778 bits per heavy atom. The third-order valence-corrected chi connectivity index (χ3v) is 4.38. The van der Waals surface area contributed by atoms with Crippen LogP contribution in [0.2, 0.25) is 0 Å². The minimum atomic E-state index is -9.09. The molecule has 214 valence electrons. The molecule has 0 bridgehead atoms. The van der Waals surface area contributed by atoms with Crippen molar-refractivity contribution in [2.24, 2.45) is 0 Å². The fourth-order valence-electron chi connectivity index (χ4n) is 2.13. The van der Waals surface area contributed by atoms with Crippen LogP contribution in [0.5, 0.6) is 0 Å². The van der Waals surface area contributed by atoms with E-state index in [2.05, 4.69) is 0 Å². The van der Waals surface area contributed by atoms with Gasteiger partial charge in [0.2, 0.25) is 0 Å². The molecule has 1 N–H and O–H groups in total. The molecule has 0 aliphatic rings. The van der Waals surface area contributed by atoms with Crippen molar-refractivity contribution in [2.45, 2.75) is 66.6 Å². The lowest BCUT2D eigenvalue weighted by Crippen LogP contribution is -2.76. The van der Waals surface area contributed by atoms with Crippen LogP contribution in [0.1, 0.15) is 13.3 Å². The summed E-state index contributed by atoms with van der Waals surface area (Å²) in [6.45, 7) is -0.191. The van der Waals surface area contributed by atoms with Gasteiger partial charge in [0.1, 0.15) is 0 Å². The van der Waals surface area contributed by atoms with Gasteiger partial charge in [-0.3, -0.25) is 0 Å². The second-order valence-corrected chi connectivity index (χ2v) is 6.59. The number of hydrogen-bond acceptors (Lipinski definition) is 1. The molecular formula is C14H6F20O2. The van der Waals surface area contributed by atoms with Crippen LogP contribution in [-0.4, -0.2) is 64.4 Å². The molecule has 0 radical (unpaired) electrons. The van der Waals surface area contributed by atoms with Crippen molar-refractivity contribution in [1.82, 2.24) is 0 Å². The molecule has 2 nitrogen and oxygen atoms in total. The summed E-state index contributed by atoms with van der Waals surface area (Å²) in [4.78, 5) is 10.2. The summed E-state index contributed by atoms with van der Waals surface area (Å²) in [5, 5.41) is 7.99. The van der Waals surface area contributed by atoms with Crippen molar-refractivity contribution in [2.75, 3.05) is 0 Å². The highest BCUT2D eigenvalue weighted by atomic mass is 19.4. The normalized spacial score (nSPS) is 15.7. The Morgan fingerprint density at radius 3 is 1.00 bits per heavy atom. The molecule has 0 rings (SSSR count). The van der Waals surface area contributed by atoms with Gasteiger partial charge in [0.25, 0.3) is 6.08 Å². The van der Waals surface area contributed by atoms with Crippen LogP contribution in [-0.2, 0) is 4.79 Å². The quantitative estimate of drug-likeness (QED) is 0.203. The third kappa shape index (κ3) is 4.01. The average Bonchev–Trinajstić information content (AvgIpc) is 2.65. The fraction of sp³-hybridized carbons (Fsp3) is 0.786. The smallest absolute Gasteiger partial charge is 0.385 e. The number of alkyl halides is 18. The van der Waals surface area contributed by atoms with Crippen LogP contribution in [0.3, 0.4) is 0 Å². The number of aliphatic carboxylic acids is 1. The summed E-state index contributed by atoms with van der Waals surface area (Å²) >= 11 is 0. The SMILES string of the molecule is CCC(F)(F)C(F)(F)C(F)(F)C(F)(F)C(F)(F)C(F)(F)C(F)(F)C(F)(F)C(F)(F)C(C(=O)O)=C(F)F. The first-order valence-electron chi connectivity index (χ1n) is 8.02. The van der Waals surface area contributed by atoms with Crippen LogP contribution in [0.25, 0.3) is 0 Å². The van der Waals surface area contributed by atoms with Gasteiger partial charge in [-0.15, -0.1) is 0 Å². The van der Waals surface area contributed by atoms with Crippen LogP contribution in [0.4, 0.5) is 87.8 Å². The summed E-state index contributed by atoms with van der Waals surface area (Å²) in [6.07, 6.45) is -7.19. The zero-order valence-corrected chi connectivity index (χ0v) is 16.1. The molecule has 22 heteroatoms. The van der Waals surface area contributed by atoms with Crippen molar-refractivity contribution < 1.29 is 97.7 Å². The average molecular weight is 586 g/mol. The molecule has 0 aromatic rings. The second-order valence-electron chi connectivity index (χ2n) is 6.59. The third-order valence-electron chi connectivity index (χ3n) is 4.38. The molecule has 0 amide bonds. The van der Waals surface area contributed by atoms with Crippen molar-refractivity contribution >= 4 is 5.97 Å². The largest absolute Gasteiger partial charge is 0.478 e. The Labute approximate surface area is 183 Å². The van der Waals surface area contributed by atoms with Crippen LogP contribution in [0.15, 0.2) is 11.7 Å². The number of carboxylic acids is 1. The topological polar surface area (TPSA) is 37.3 Å². The molecule has 0 fully saturated rings. The highest BCUT2D eigenvalue weighted by Gasteiger charge is 2.96. The molecule has 0 aromatic carbocycles. The van der Waals surface area contributed by atoms with Gasteiger partial charge in [-0.25, -0.2) is 4.79 Å². The van der Waals surface area contributed by atoms with Gasteiger partial charge in [0.15, 0.2) is 5.57 Å². The van der Waals surface area contributed by atoms with Gasteiger partial charge in [-0.05, 0) is 0 Å². The first-order valence-corrected chi connectivity index (χ1v) is 8.02. The van der Waals surface area contributed by atoms with E-state index in [-0.39, 0.29) is 6.92 Å². The molecule has 0 aromatic heterocycles. The van der Waals surface area contributed by atoms with E-state index < -0.39 is 77.3 Å². The Hall–Kier alpha value is -2.19. The van der Waals surface area contributed by atoms with Crippen LogP contribution in [0, 0.1) is 0 Å². The van der Waals surface area contributed by atoms with Gasteiger partial charge in [-0.2, -0.15) is 87.8 Å². The van der Waals surface area contributed by atoms with Gasteiger partial charge in [-0.1, -0.05) is 6.92 Å². The molecule has 0 saturated carbocycles. The zero-order chi connectivity index (χ0) is 29.9. The summed E-state index contributed by atoms with van der Waals surface area (Å²) in [7, 11) is 0. The number of hydrogen-bond donors (Lipinski definition) is 1. The van der Waals surface area contributed by atoms with E-state index in [0.29, 0.717) is 0 Å². The zero-order valence-electron chi connectivity index (χ0n) is 16.1. The Bertz CT molecular complexity index is 881. The predicted octanol–water partition coefficient (Wildman–Crippen LogP) is 7.35. The van der Waals surface area contributed by atoms with E-state index in [1.807, 2.05) is 0 Å². The number of carbonyl (C=O) groups is 1. The molecule has 0 aliphatic carbocycles. The Balaban J connectivity index is 7.23. The van der Waals surface area contributed by atoms with Crippen molar-refractivity contribution in [3.63, 3.8) is 0 Å². The molecule has 0 heterocycles. The summed E-state index contributed by atoms with van der Waals surface area (Å²) in [5.41, 5.74) is -4.49. The molecule has 0 unspecified atom stereocenters. The molecule has 36 heavy (non-hydrogen) atoms. The fourth-order valence-corrected chi connectivity index (χ4v) is 2.13. The lowest BCUT2D eigenvalue weighted by molar-refractivity contribution is -0.460. The van der Waals surface area contributed by atoms with E-state index in [1.165, 1.54) is 0 Å². The van der Waals surface area contributed by atoms with Gasteiger partial charge in [0.05, 0.1) is 0 Å². The summed E-state index contributed by atoms with van der Waals surface area (Å²) in [5.74, 6) is -79.3. The monoisotopic (exact) mass is 586 g/mol.